The molecule has 62 heavy (non-hydrogen) atoms. The van der Waals surface area contributed by atoms with Crippen LogP contribution >= 0.6 is 0 Å². The summed E-state index contributed by atoms with van der Waals surface area (Å²) in [7, 11) is -5.71. The monoisotopic (exact) mass is 879 g/mol. The van der Waals surface area contributed by atoms with Gasteiger partial charge in [-0.3, -0.25) is 9.59 Å². The Labute approximate surface area is 369 Å². The minimum Gasteiger partial charge on any atom is -0.487 e. The summed E-state index contributed by atoms with van der Waals surface area (Å²) in [5, 5.41) is 4.49. The normalized spacial score (nSPS) is 15.8. The van der Waals surface area contributed by atoms with E-state index in [0.29, 0.717) is 57.0 Å². The number of H-pyrrole nitrogens is 1. The Morgan fingerprint density at radius 3 is 2.13 bits per heavy atom. The van der Waals surface area contributed by atoms with Gasteiger partial charge in [-0.25, -0.2) is 13.1 Å². The van der Waals surface area contributed by atoms with Gasteiger partial charge in [-0.05, 0) is 90.8 Å². The number of aromatic nitrogens is 1. The number of aromatic amines is 1. The maximum Gasteiger partial charge on any atom is 0.248 e. The highest BCUT2D eigenvalue weighted by Gasteiger charge is 2.49. The van der Waals surface area contributed by atoms with Crippen LogP contribution in [0.5, 0.6) is 5.75 Å². The largest absolute Gasteiger partial charge is 0.487 e. The van der Waals surface area contributed by atoms with Gasteiger partial charge in [0, 0.05) is 37.6 Å². The molecule has 4 aromatic carbocycles. The van der Waals surface area contributed by atoms with Gasteiger partial charge in [0.25, 0.3) is 0 Å². The van der Waals surface area contributed by atoms with E-state index in [1.165, 1.54) is 0 Å². The summed E-state index contributed by atoms with van der Waals surface area (Å²) in [6, 6.07) is 36.7. The lowest BCUT2D eigenvalue weighted by Gasteiger charge is -2.39. The van der Waals surface area contributed by atoms with Crippen molar-refractivity contribution in [1.29, 1.82) is 0 Å². The van der Waals surface area contributed by atoms with Crippen molar-refractivity contribution in [3.8, 4) is 5.75 Å². The van der Waals surface area contributed by atoms with Gasteiger partial charge < -0.3 is 30.1 Å². The van der Waals surface area contributed by atoms with Crippen LogP contribution in [-0.4, -0.2) is 77.5 Å². The fraction of sp³-hybridized carbons (Fsp3) is 0.429. The number of primary amides is 1. The van der Waals surface area contributed by atoms with Crippen molar-refractivity contribution < 1.29 is 22.4 Å². The second kappa shape index (κ2) is 20.7. The van der Waals surface area contributed by atoms with Crippen molar-refractivity contribution in [2.75, 3.05) is 45.0 Å². The zero-order chi connectivity index (χ0) is 44.4. The average molecular weight is 880 g/mol. The van der Waals surface area contributed by atoms with Crippen LogP contribution in [0.3, 0.4) is 0 Å². The predicted molar refractivity (Wildman–Crippen MR) is 252 cm³/mol. The Morgan fingerprint density at radius 2 is 1.50 bits per heavy atom. The quantitative estimate of drug-likeness (QED) is 0.0409. The molecular formula is C49H65N5O6SSi. The van der Waals surface area contributed by atoms with Crippen LogP contribution in [-0.2, 0) is 31.3 Å². The van der Waals surface area contributed by atoms with E-state index in [1.54, 1.807) is 6.07 Å². The van der Waals surface area contributed by atoms with Crippen LogP contribution in [0.15, 0.2) is 120 Å². The zero-order valence-electron chi connectivity index (χ0n) is 37.0. The molecule has 2 atom stereocenters. The first-order chi connectivity index (χ1) is 29.6. The van der Waals surface area contributed by atoms with Crippen molar-refractivity contribution in [3.05, 3.63) is 148 Å². The van der Waals surface area contributed by atoms with E-state index in [2.05, 4.69) is 59.9 Å². The molecule has 1 aliphatic heterocycles. The molecule has 1 fully saturated rings. The molecule has 0 bridgehead atoms. The summed E-state index contributed by atoms with van der Waals surface area (Å²) >= 11 is 0. The maximum absolute atomic E-state index is 13.4. The maximum atomic E-state index is 13.4. The molecule has 0 radical (unpaired) electrons. The van der Waals surface area contributed by atoms with Crippen molar-refractivity contribution in [3.63, 3.8) is 0 Å². The number of ether oxygens (including phenoxy) is 1. The molecule has 0 aliphatic carbocycles. The molecule has 11 nitrogen and oxygen atoms in total. The smallest absolute Gasteiger partial charge is 0.248 e. The molecule has 1 amide bonds. The van der Waals surface area contributed by atoms with E-state index in [9.17, 15) is 18.0 Å². The lowest BCUT2D eigenvalue weighted by Crippen LogP contribution is -2.49. The standard InChI is InChI=1S/C49H65N5O6SSi/c1-48(2,3)62(4,5)60-44(41-24-26-43(46-42(41)25-27-45(55)53-46)59-36-37-18-10-6-11-19-37)34-51-29-16-9-17-30-52-61(57,58)33-32-54-31-28-40(35-54)49(47(50)56,38-20-12-7-13-21-38)39-22-14-8-15-23-39/h6-8,10-15,18-27,40,44,51-52H,9,16-17,28-36H2,1-5H3,(H2,50,56)(H,53,55)/t40-,44+/m1/s1. The van der Waals surface area contributed by atoms with Crippen LogP contribution < -0.4 is 26.1 Å². The SMILES string of the molecule is CC(C)(C)[Si](C)(C)O[C@@H](CNCCCCCNS(=O)(=O)CCN1CC[C@@H](C(C(N)=O)(c2ccccc2)c2ccccc2)C1)c1ccc(OCc2ccccc2)c2[nH]c(=O)ccc12. The zero-order valence-corrected chi connectivity index (χ0v) is 38.8. The van der Waals surface area contributed by atoms with Crippen LogP contribution in [0.25, 0.3) is 10.9 Å². The van der Waals surface area contributed by atoms with Gasteiger partial charge in [0.2, 0.25) is 21.5 Å². The number of sulfonamides is 1. The highest BCUT2D eigenvalue weighted by molar-refractivity contribution is 7.89. The molecule has 1 aromatic heterocycles. The Balaban J connectivity index is 0.996. The van der Waals surface area contributed by atoms with E-state index in [-0.39, 0.29) is 28.4 Å². The number of pyridine rings is 1. The first kappa shape index (κ1) is 46.9. The first-order valence-electron chi connectivity index (χ1n) is 21.9. The molecule has 0 unspecified atom stereocenters. The number of unbranched alkanes of at least 4 members (excludes halogenated alkanes) is 2. The summed E-state index contributed by atoms with van der Waals surface area (Å²) in [6.07, 6.45) is 2.89. The van der Waals surface area contributed by atoms with Crippen LogP contribution in [0.2, 0.25) is 18.1 Å². The molecule has 0 spiro atoms. The Hall–Kier alpha value is -4.63. The molecule has 5 N–H and O–H groups in total. The number of amides is 1. The lowest BCUT2D eigenvalue weighted by atomic mass is 9.64. The van der Waals surface area contributed by atoms with Gasteiger partial charge in [0.05, 0.1) is 17.4 Å². The number of benzene rings is 4. The number of carbonyl (C=O) groups is 1. The molecule has 1 saturated heterocycles. The molecular weight excluding hydrogens is 815 g/mol. The van der Waals surface area contributed by atoms with Crippen molar-refractivity contribution in [2.45, 2.75) is 82.7 Å². The first-order valence-corrected chi connectivity index (χ1v) is 26.5. The van der Waals surface area contributed by atoms with Crippen LogP contribution in [0.4, 0.5) is 0 Å². The minimum absolute atomic E-state index is 0.0140. The number of likely N-dealkylation sites (tertiary alicyclic amines) is 1. The van der Waals surface area contributed by atoms with Crippen LogP contribution in [0.1, 0.15) is 74.8 Å². The van der Waals surface area contributed by atoms with Crippen LogP contribution in [0, 0.1) is 5.92 Å². The van der Waals surface area contributed by atoms with E-state index in [0.717, 1.165) is 53.4 Å². The Kier molecular flexibility index (Phi) is 15.6. The molecule has 13 heteroatoms. The number of hydrogen-bond donors (Lipinski definition) is 4. The molecule has 6 rings (SSSR count). The highest BCUT2D eigenvalue weighted by Crippen LogP contribution is 2.44. The van der Waals surface area contributed by atoms with E-state index >= 15 is 0 Å². The second-order valence-electron chi connectivity index (χ2n) is 18.1. The topological polar surface area (TPSA) is 156 Å². The number of carbonyl (C=O) groups excluding carboxylic acids is 1. The number of nitrogens with zero attached hydrogens (tertiary/aromatic N) is 1. The van der Waals surface area contributed by atoms with Gasteiger partial charge in [-0.1, -0.05) is 124 Å². The predicted octanol–water partition coefficient (Wildman–Crippen LogP) is 7.64. The van der Waals surface area contributed by atoms with E-state index < -0.39 is 29.7 Å². The Morgan fingerprint density at radius 1 is 0.871 bits per heavy atom. The third-order valence-electron chi connectivity index (χ3n) is 12.8. The molecule has 2 heterocycles. The van der Waals surface area contributed by atoms with Gasteiger partial charge in [-0.15, -0.1) is 0 Å². The van der Waals surface area contributed by atoms with Crippen molar-refractivity contribution >= 4 is 35.2 Å². The van der Waals surface area contributed by atoms with Gasteiger partial charge in [0.15, 0.2) is 8.32 Å². The summed E-state index contributed by atoms with van der Waals surface area (Å²) in [5.74, 6) is 0.102. The van der Waals surface area contributed by atoms with E-state index in [4.69, 9.17) is 14.9 Å². The summed E-state index contributed by atoms with van der Waals surface area (Å²) in [4.78, 5) is 31.1. The number of fused-ring (bicyclic) bond motifs is 1. The molecule has 332 valence electrons. The van der Waals surface area contributed by atoms with Crippen molar-refractivity contribution in [1.82, 2.24) is 19.9 Å². The number of rotatable bonds is 22. The number of nitrogens with one attached hydrogen (secondary N) is 3. The minimum atomic E-state index is -3.50. The average Bonchev–Trinajstić information content (AvgIpc) is 3.72. The number of hydrogen-bond acceptors (Lipinski definition) is 8. The third-order valence-corrected chi connectivity index (χ3v) is 18.7. The van der Waals surface area contributed by atoms with E-state index in [1.807, 2.05) is 103 Å². The summed E-state index contributed by atoms with van der Waals surface area (Å²) in [6.45, 7) is 14.9. The van der Waals surface area contributed by atoms with Gasteiger partial charge >= 0.3 is 0 Å². The molecule has 5 aromatic rings. The lowest BCUT2D eigenvalue weighted by molar-refractivity contribution is -0.123. The summed E-state index contributed by atoms with van der Waals surface area (Å²) < 4.78 is 42.3. The number of nitrogens with two attached hydrogens (primary N) is 1. The van der Waals surface area contributed by atoms with Gasteiger partial charge in [-0.2, -0.15) is 0 Å². The fourth-order valence-electron chi connectivity index (χ4n) is 8.38. The molecule has 0 saturated carbocycles. The molecule has 1 aliphatic rings. The highest BCUT2D eigenvalue weighted by atomic mass is 32.2. The van der Waals surface area contributed by atoms with Gasteiger partial charge in [0.1, 0.15) is 17.8 Å². The van der Waals surface area contributed by atoms with Crippen molar-refractivity contribution in [2.24, 2.45) is 11.7 Å². The second-order valence-corrected chi connectivity index (χ2v) is 24.8. The fourth-order valence-corrected chi connectivity index (χ4v) is 10.8. The summed E-state index contributed by atoms with van der Waals surface area (Å²) in [5.41, 5.74) is 9.43. The Bertz CT molecular complexity index is 2350. The third kappa shape index (κ3) is 11.5.